The second-order valence-corrected chi connectivity index (χ2v) is 8.55. The Balaban J connectivity index is 1.51. The van der Waals surface area contributed by atoms with Gasteiger partial charge in [-0.05, 0) is 42.0 Å². The molecule has 1 amide bonds. The predicted octanol–water partition coefficient (Wildman–Crippen LogP) is 3.84. The zero-order chi connectivity index (χ0) is 25.9. The second-order valence-electron chi connectivity index (χ2n) is 8.55. The van der Waals surface area contributed by atoms with E-state index < -0.39 is 5.82 Å². The van der Waals surface area contributed by atoms with Crippen molar-refractivity contribution in [3.05, 3.63) is 83.6 Å². The van der Waals surface area contributed by atoms with E-state index >= 15 is 0 Å². The highest BCUT2D eigenvalue weighted by Crippen LogP contribution is 2.29. The molecule has 1 aliphatic heterocycles. The van der Waals surface area contributed by atoms with Crippen LogP contribution in [0, 0.1) is 5.82 Å². The van der Waals surface area contributed by atoms with Gasteiger partial charge in [-0.1, -0.05) is 18.7 Å². The van der Waals surface area contributed by atoms with Crippen molar-refractivity contribution in [2.24, 2.45) is 7.05 Å². The third-order valence-corrected chi connectivity index (χ3v) is 6.19. The number of nitrogens with zero attached hydrogens (tertiary/aromatic N) is 4. The van der Waals surface area contributed by atoms with Gasteiger partial charge >= 0.3 is 0 Å². The molecule has 0 unspecified atom stereocenters. The van der Waals surface area contributed by atoms with Gasteiger partial charge in [-0.25, -0.2) is 14.4 Å². The number of hydrogen-bond donors (Lipinski definition) is 2. The molecule has 4 aromatic rings. The summed E-state index contributed by atoms with van der Waals surface area (Å²) in [7, 11) is 1.63. The van der Waals surface area contributed by atoms with Gasteiger partial charge in [-0.15, -0.1) is 0 Å². The Morgan fingerprint density at radius 3 is 2.73 bits per heavy atom. The van der Waals surface area contributed by atoms with Gasteiger partial charge < -0.3 is 24.8 Å². The van der Waals surface area contributed by atoms with Crippen LogP contribution in [0.5, 0.6) is 0 Å². The van der Waals surface area contributed by atoms with Crippen LogP contribution >= 0.6 is 0 Å². The number of carbonyl (C=O) groups excluding carboxylic acids is 1. The Morgan fingerprint density at radius 2 is 1.97 bits per heavy atom. The Bertz CT molecular complexity index is 1560. The molecule has 188 valence electrons. The zero-order valence-corrected chi connectivity index (χ0v) is 20.2. The third-order valence-electron chi connectivity index (χ3n) is 6.19. The first-order valence-corrected chi connectivity index (χ1v) is 11.7. The largest absolute Gasteiger partial charge is 0.378 e. The highest BCUT2D eigenvalue weighted by Gasteiger charge is 2.16. The summed E-state index contributed by atoms with van der Waals surface area (Å²) in [6.45, 7) is 6.10. The summed E-state index contributed by atoms with van der Waals surface area (Å²) in [5.74, 6) is -0.595. The maximum atomic E-state index is 15.0. The van der Waals surface area contributed by atoms with Crippen LogP contribution in [-0.2, 0) is 16.6 Å². The van der Waals surface area contributed by atoms with E-state index in [-0.39, 0.29) is 23.1 Å². The number of carbonyl (C=O) groups is 1. The van der Waals surface area contributed by atoms with Gasteiger partial charge in [0.05, 0.1) is 30.6 Å². The van der Waals surface area contributed by atoms with Crippen molar-refractivity contribution in [3.8, 4) is 11.1 Å². The van der Waals surface area contributed by atoms with Crippen LogP contribution in [0.4, 0.5) is 27.4 Å². The van der Waals surface area contributed by atoms with Crippen molar-refractivity contribution < 1.29 is 13.9 Å². The molecular weight excluding hydrogens is 475 g/mol. The summed E-state index contributed by atoms with van der Waals surface area (Å²) in [6, 6.07) is 13.5. The molecule has 1 saturated heterocycles. The van der Waals surface area contributed by atoms with Gasteiger partial charge in [-0.3, -0.25) is 9.59 Å². The SMILES string of the molecule is C=CC(=O)Nc1cccc(-c2cc(=O)n(C)c3cnc(Nc4ccc(N5CCOCC5)cc4F)nc23)c1. The van der Waals surface area contributed by atoms with E-state index in [0.29, 0.717) is 54.2 Å². The van der Waals surface area contributed by atoms with Crippen molar-refractivity contribution >= 4 is 40.0 Å². The molecule has 37 heavy (non-hydrogen) atoms. The molecule has 0 bridgehead atoms. The average molecular weight is 501 g/mol. The van der Waals surface area contributed by atoms with Crippen molar-refractivity contribution in [1.82, 2.24) is 14.5 Å². The zero-order valence-electron chi connectivity index (χ0n) is 20.2. The lowest BCUT2D eigenvalue weighted by molar-refractivity contribution is -0.111. The van der Waals surface area contributed by atoms with E-state index in [1.54, 1.807) is 31.3 Å². The lowest BCUT2D eigenvalue weighted by Gasteiger charge is -2.29. The number of nitrogens with one attached hydrogen (secondary N) is 2. The number of aryl methyl sites for hydroxylation is 1. The summed E-state index contributed by atoms with van der Waals surface area (Å²) in [5, 5.41) is 5.67. The van der Waals surface area contributed by atoms with Crippen LogP contribution in [0.3, 0.4) is 0 Å². The Morgan fingerprint density at radius 1 is 1.16 bits per heavy atom. The van der Waals surface area contributed by atoms with Gasteiger partial charge in [0, 0.05) is 43.1 Å². The van der Waals surface area contributed by atoms with E-state index in [9.17, 15) is 14.0 Å². The molecule has 2 N–H and O–H groups in total. The van der Waals surface area contributed by atoms with Crippen molar-refractivity contribution in [3.63, 3.8) is 0 Å². The van der Waals surface area contributed by atoms with E-state index in [2.05, 4.69) is 32.1 Å². The first-order chi connectivity index (χ1) is 17.9. The monoisotopic (exact) mass is 500 g/mol. The van der Waals surface area contributed by atoms with Crippen molar-refractivity contribution in [2.45, 2.75) is 0 Å². The Kier molecular flexibility index (Phi) is 6.65. The molecule has 2 aromatic heterocycles. The smallest absolute Gasteiger partial charge is 0.251 e. The summed E-state index contributed by atoms with van der Waals surface area (Å²) in [5.41, 5.74) is 3.57. The molecule has 0 aliphatic carbocycles. The summed E-state index contributed by atoms with van der Waals surface area (Å²) in [4.78, 5) is 35.4. The van der Waals surface area contributed by atoms with E-state index in [4.69, 9.17) is 4.74 Å². The molecule has 0 spiro atoms. The summed E-state index contributed by atoms with van der Waals surface area (Å²) < 4.78 is 21.8. The number of morpholine rings is 1. The molecule has 9 nitrogen and oxygen atoms in total. The number of fused-ring (bicyclic) bond motifs is 1. The van der Waals surface area contributed by atoms with Gasteiger partial charge in [0.2, 0.25) is 11.9 Å². The van der Waals surface area contributed by atoms with Crippen molar-refractivity contribution in [1.29, 1.82) is 0 Å². The Labute approximate surface area is 212 Å². The van der Waals surface area contributed by atoms with Crippen molar-refractivity contribution in [2.75, 3.05) is 41.8 Å². The number of anilines is 4. The topological polar surface area (TPSA) is 101 Å². The number of rotatable bonds is 6. The molecule has 3 heterocycles. The van der Waals surface area contributed by atoms with Crippen LogP contribution in [0.15, 0.2) is 72.2 Å². The molecular formula is C27H25FN6O3. The fourth-order valence-electron chi connectivity index (χ4n) is 4.21. The molecule has 2 aromatic carbocycles. The fourth-order valence-corrected chi connectivity index (χ4v) is 4.21. The minimum Gasteiger partial charge on any atom is -0.378 e. The molecule has 1 fully saturated rings. The number of amides is 1. The van der Waals surface area contributed by atoms with E-state index in [1.807, 2.05) is 12.1 Å². The number of halogens is 1. The van der Waals surface area contributed by atoms with E-state index in [0.717, 1.165) is 5.69 Å². The minimum absolute atomic E-state index is 0.182. The number of ether oxygens (including phenoxy) is 1. The van der Waals surface area contributed by atoms with Crippen LogP contribution in [0.25, 0.3) is 22.2 Å². The lowest BCUT2D eigenvalue weighted by atomic mass is 10.0. The number of hydrogen-bond acceptors (Lipinski definition) is 7. The van der Waals surface area contributed by atoms with E-state index in [1.165, 1.54) is 29.0 Å². The number of aromatic nitrogens is 3. The molecule has 0 atom stereocenters. The minimum atomic E-state index is -0.431. The highest BCUT2D eigenvalue weighted by molar-refractivity contribution is 6.00. The van der Waals surface area contributed by atoms with Crippen LogP contribution in [0.1, 0.15) is 0 Å². The van der Waals surface area contributed by atoms with Gasteiger partial charge in [-0.2, -0.15) is 0 Å². The molecule has 0 saturated carbocycles. The predicted molar refractivity (Wildman–Crippen MR) is 142 cm³/mol. The maximum absolute atomic E-state index is 15.0. The first-order valence-electron chi connectivity index (χ1n) is 11.7. The molecule has 0 radical (unpaired) electrons. The van der Waals surface area contributed by atoms with Gasteiger partial charge in [0.1, 0.15) is 11.3 Å². The molecule has 5 rings (SSSR count). The summed E-state index contributed by atoms with van der Waals surface area (Å²) in [6.07, 6.45) is 2.71. The van der Waals surface area contributed by atoms with Crippen LogP contribution in [-0.4, -0.2) is 46.7 Å². The average Bonchev–Trinajstić information content (AvgIpc) is 2.92. The number of pyridine rings is 1. The lowest BCUT2D eigenvalue weighted by Crippen LogP contribution is -2.36. The quantitative estimate of drug-likeness (QED) is 0.388. The summed E-state index contributed by atoms with van der Waals surface area (Å²) >= 11 is 0. The first kappa shape index (κ1) is 24.1. The fraction of sp³-hybridized carbons (Fsp3) is 0.185. The van der Waals surface area contributed by atoms with Gasteiger partial charge in [0.25, 0.3) is 5.56 Å². The van der Waals surface area contributed by atoms with Crippen LogP contribution < -0.4 is 21.1 Å². The molecule has 1 aliphatic rings. The van der Waals surface area contributed by atoms with Gasteiger partial charge in [0.15, 0.2) is 0 Å². The number of benzene rings is 2. The maximum Gasteiger partial charge on any atom is 0.251 e. The normalized spacial score (nSPS) is 13.4. The Hall–Kier alpha value is -4.57. The highest BCUT2D eigenvalue weighted by atomic mass is 19.1. The second kappa shape index (κ2) is 10.2. The standard InChI is InChI=1S/C27H25FN6O3/c1-3-24(35)30-18-6-4-5-17(13-18)20-15-25(36)33(2)23-16-29-27(32-26(20)23)31-22-8-7-19(14-21(22)28)34-9-11-37-12-10-34/h3-8,13-16H,1,9-12H2,2H3,(H,30,35)(H,29,31,32). The third kappa shape index (κ3) is 5.05. The van der Waals surface area contributed by atoms with Crippen LogP contribution in [0.2, 0.25) is 0 Å². The molecule has 10 heteroatoms.